The van der Waals surface area contributed by atoms with Gasteiger partial charge in [-0.25, -0.2) is 0 Å². The van der Waals surface area contributed by atoms with Crippen LogP contribution >= 0.6 is 0 Å². The largest absolute Gasteiger partial charge is 0.481 e. The third kappa shape index (κ3) is 3.11. The lowest BCUT2D eigenvalue weighted by Crippen LogP contribution is -2.09. The number of carboxylic acids is 1. The fourth-order valence-corrected chi connectivity index (χ4v) is 3.90. The highest BCUT2D eigenvalue weighted by molar-refractivity contribution is 5.86. The molecule has 3 aromatic carbocycles. The van der Waals surface area contributed by atoms with Crippen LogP contribution in [0.5, 0.6) is 11.5 Å². The van der Waals surface area contributed by atoms with E-state index in [1.54, 1.807) is 0 Å². The minimum absolute atomic E-state index is 0.0300. The monoisotopic (exact) mass is 373 g/mol. The number of benzene rings is 3. The van der Waals surface area contributed by atoms with Crippen LogP contribution in [0, 0.1) is 20.8 Å². The van der Waals surface area contributed by atoms with Crippen molar-refractivity contribution >= 4 is 11.7 Å². The van der Waals surface area contributed by atoms with E-state index in [1.165, 1.54) is 5.56 Å². The molecule has 0 amide bonds. The summed E-state index contributed by atoms with van der Waals surface area (Å²) < 4.78 is 6.35. The Bertz CT molecular complexity index is 1070. The van der Waals surface area contributed by atoms with Crippen LogP contribution in [-0.4, -0.2) is 11.1 Å². The van der Waals surface area contributed by atoms with Crippen LogP contribution in [0.3, 0.4) is 0 Å². The number of ether oxygens (including phenoxy) is 1. The smallest absolute Gasteiger partial charge is 0.307 e. The van der Waals surface area contributed by atoms with E-state index in [0.717, 1.165) is 50.6 Å². The fraction of sp³-hybridized carbons (Fsp3) is 0.208. The van der Waals surface area contributed by atoms with Crippen molar-refractivity contribution in [1.82, 2.24) is 0 Å². The average Bonchev–Trinajstić information content (AvgIpc) is 2.87. The maximum atomic E-state index is 11.6. The molecule has 0 saturated heterocycles. The average molecular weight is 373 g/mol. The van der Waals surface area contributed by atoms with Crippen LogP contribution in [0.15, 0.2) is 48.5 Å². The van der Waals surface area contributed by atoms with Gasteiger partial charge < -0.3 is 15.2 Å². The SMILES string of the molecule is Cc1ccc(-c2c(C)c3c(c(C)c2CC(=O)O)NCc2ccccc2O3)cc1. The number of hydrogen-bond donors (Lipinski definition) is 2. The normalized spacial score (nSPS) is 12.2. The molecule has 0 atom stereocenters. The van der Waals surface area contributed by atoms with Crippen molar-refractivity contribution in [3.05, 3.63) is 76.3 Å². The molecule has 0 aromatic heterocycles. The molecule has 28 heavy (non-hydrogen) atoms. The molecule has 142 valence electrons. The van der Waals surface area contributed by atoms with Crippen LogP contribution in [0.1, 0.15) is 27.8 Å². The topological polar surface area (TPSA) is 58.6 Å². The minimum atomic E-state index is -0.839. The van der Waals surface area contributed by atoms with Gasteiger partial charge >= 0.3 is 5.97 Å². The summed E-state index contributed by atoms with van der Waals surface area (Å²) in [7, 11) is 0. The maximum Gasteiger partial charge on any atom is 0.307 e. The predicted molar refractivity (Wildman–Crippen MR) is 111 cm³/mol. The molecule has 0 spiro atoms. The zero-order chi connectivity index (χ0) is 19.8. The summed E-state index contributed by atoms with van der Waals surface area (Å²) in [5.74, 6) is 0.762. The third-order valence-corrected chi connectivity index (χ3v) is 5.38. The zero-order valence-electron chi connectivity index (χ0n) is 16.3. The Balaban J connectivity index is 1.98. The number of carbonyl (C=O) groups is 1. The third-order valence-electron chi connectivity index (χ3n) is 5.38. The van der Waals surface area contributed by atoms with Gasteiger partial charge in [-0.15, -0.1) is 0 Å². The summed E-state index contributed by atoms with van der Waals surface area (Å²) in [4.78, 5) is 11.6. The number of carboxylic acid groups (broad SMARTS) is 1. The first kappa shape index (κ1) is 18.1. The molecule has 0 aliphatic carbocycles. The Morgan fingerprint density at radius 1 is 1.04 bits per heavy atom. The predicted octanol–water partition coefficient (Wildman–Crippen LogP) is 5.62. The first-order chi connectivity index (χ1) is 13.5. The number of hydrogen-bond acceptors (Lipinski definition) is 3. The summed E-state index contributed by atoms with van der Waals surface area (Å²) in [6.45, 7) is 6.66. The van der Waals surface area contributed by atoms with E-state index in [4.69, 9.17) is 4.74 Å². The van der Waals surface area contributed by atoms with Crippen molar-refractivity contribution in [2.45, 2.75) is 33.7 Å². The van der Waals surface area contributed by atoms with Crippen molar-refractivity contribution in [3.8, 4) is 22.6 Å². The Hall–Kier alpha value is -3.27. The van der Waals surface area contributed by atoms with Crippen molar-refractivity contribution in [2.75, 3.05) is 5.32 Å². The maximum absolute atomic E-state index is 11.6. The molecule has 0 fully saturated rings. The molecule has 4 nitrogen and oxygen atoms in total. The highest BCUT2D eigenvalue weighted by Crippen LogP contribution is 2.46. The standard InChI is InChI=1S/C24H23NO3/c1-14-8-10-17(11-9-14)22-16(3)24-23(15(2)19(22)12-21(26)27)25-13-18-6-4-5-7-20(18)28-24/h4-11,25H,12-13H2,1-3H3,(H,26,27). The second-order valence-electron chi connectivity index (χ2n) is 7.31. The van der Waals surface area contributed by atoms with E-state index in [-0.39, 0.29) is 6.42 Å². The van der Waals surface area contributed by atoms with E-state index in [2.05, 4.69) is 17.4 Å². The van der Waals surface area contributed by atoms with E-state index in [9.17, 15) is 9.90 Å². The molecule has 1 aliphatic heterocycles. The molecule has 1 aliphatic rings. The number of fused-ring (bicyclic) bond motifs is 2. The van der Waals surface area contributed by atoms with Crippen molar-refractivity contribution in [3.63, 3.8) is 0 Å². The lowest BCUT2D eigenvalue weighted by molar-refractivity contribution is -0.136. The number of nitrogens with one attached hydrogen (secondary N) is 1. The van der Waals surface area contributed by atoms with Gasteiger partial charge in [-0.1, -0.05) is 48.0 Å². The van der Waals surface area contributed by atoms with Crippen LogP contribution in [0.25, 0.3) is 11.1 Å². The molecule has 4 heteroatoms. The Morgan fingerprint density at radius 2 is 1.75 bits per heavy atom. The number of aliphatic carboxylic acids is 1. The molecule has 3 aromatic rings. The van der Waals surface area contributed by atoms with Gasteiger partial charge in [0.2, 0.25) is 0 Å². The van der Waals surface area contributed by atoms with Crippen molar-refractivity contribution in [1.29, 1.82) is 0 Å². The summed E-state index contributed by atoms with van der Waals surface area (Å²) in [6, 6.07) is 16.2. The molecular weight excluding hydrogens is 350 g/mol. The highest BCUT2D eigenvalue weighted by atomic mass is 16.5. The molecule has 0 bridgehead atoms. The highest BCUT2D eigenvalue weighted by Gasteiger charge is 2.25. The molecular formula is C24H23NO3. The number of rotatable bonds is 3. The van der Waals surface area contributed by atoms with E-state index >= 15 is 0 Å². The molecule has 1 heterocycles. The van der Waals surface area contributed by atoms with Gasteiger partial charge in [-0.2, -0.15) is 0 Å². The van der Waals surface area contributed by atoms with Gasteiger partial charge in [-0.3, -0.25) is 4.79 Å². The quantitative estimate of drug-likeness (QED) is 0.625. The number of para-hydroxylation sites is 1. The Kier molecular flexibility index (Phi) is 4.55. The molecule has 0 radical (unpaired) electrons. The lowest BCUT2D eigenvalue weighted by Gasteiger charge is -2.22. The summed E-state index contributed by atoms with van der Waals surface area (Å²) >= 11 is 0. The molecule has 0 unspecified atom stereocenters. The summed E-state index contributed by atoms with van der Waals surface area (Å²) in [6.07, 6.45) is -0.0300. The van der Waals surface area contributed by atoms with Crippen LogP contribution in [0.2, 0.25) is 0 Å². The van der Waals surface area contributed by atoms with Crippen molar-refractivity contribution in [2.24, 2.45) is 0 Å². The van der Waals surface area contributed by atoms with Gasteiger partial charge in [0.25, 0.3) is 0 Å². The fourth-order valence-electron chi connectivity index (χ4n) is 3.90. The van der Waals surface area contributed by atoms with Crippen LogP contribution < -0.4 is 10.1 Å². The summed E-state index contributed by atoms with van der Waals surface area (Å²) in [5.41, 5.74) is 7.77. The van der Waals surface area contributed by atoms with Gasteiger partial charge in [0, 0.05) is 17.7 Å². The Morgan fingerprint density at radius 3 is 2.46 bits per heavy atom. The van der Waals surface area contributed by atoms with Crippen LogP contribution in [0.4, 0.5) is 5.69 Å². The zero-order valence-corrected chi connectivity index (χ0v) is 16.3. The van der Waals surface area contributed by atoms with Crippen molar-refractivity contribution < 1.29 is 14.6 Å². The lowest BCUT2D eigenvalue weighted by atomic mass is 9.88. The second-order valence-corrected chi connectivity index (χ2v) is 7.31. The molecule has 4 rings (SSSR count). The number of aryl methyl sites for hydroxylation is 1. The Labute approximate surface area is 164 Å². The van der Waals surface area contributed by atoms with Gasteiger partial charge in [0.1, 0.15) is 5.75 Å². The summed E-state index contributed by atoms with van der Waals surface area (Å²) in [5, 5.41) is 13.0. The van der Waals surface area contributed by atoms with E-state index < -0.39 is 5.97 Å². The van der Waals surface area contributed by atoms with E-state index in [1.807, 2.05) is 57.2 Å². The minimum Gasteiger partial charge on any atom is -0.481 e. The second kappa shape index (κ2) is 7.04. The van der Waals surface area contributed by atoms with Gasteiger partial charge in [-0.05, 0) is 49.1 Å². The first-order valence-corrected chi connectivity index (χ1v) is 9.40. The first-order valence-electron chi connectivity index (χ1n) is 9.40. The molecule has 2 N–H and O–H groups in total. The van der Waals surface area contributed by atoms with E-state index in [0.29, 0.717) is 6.54 Å². The number of anilines is 1. The van der Waals surface area contributed by atoms with Gasteiger partial charge in [0.15, 0.2) is 5.75 Å². The van der Waals surface area contributed by atoms with Gasteiger partial charge in [0.05, 0.1) is 12.1 Å². The van der Waals surface area contributed by atoms with Crippen LogP contribution in [-0.2, 0) is 17.8 Å². The molecule has 0 saturated carbocycles.